The summed E-state index contributed by atoms with van der Waals surface area (Å²) in [6, 6.07) is 23.4. The first kappa shape index (κ1) is 28.5. The van der Waals surface area contributed by atoms with E-state index in [1.807, 2.05) is 72.8 Å². The molecule has 0 amide bonds. The van der Waals surface area contributed by atoms with Crippen molar-refractivity contribution in [3.05, 3.63) is 97.6 Å². The number of pyridine rings is 2. The number of nitrogens with one attached hydrogen (secondary N) is 1. The fourth-order valence-electron chi connectivity index (χ4n) is 4.84. The third-order valence-corrected chi connectivity index (χ3v) is 8.34. The van der Waals surface area contributed by atoms with Gasteiger partial charge in [0.05, 0.1) is 19.2 Å². The van der Waals surface area contributed by atoms with E-state index in [-0.39, 0.29) is 0 Å². The van der Waals surface area contributed by atoms with Gasteiger partial charge in [0.15, 0.2) is 6.23 Å². The lowest BCUT2D eigenvalue weighted by atomic mass is 10.0. The van der Waals surface area contributed by atoms with Gasteiger partial charge in [0.1, 0.15) is 27.9 Å². The van der Waals surface area contributed by atoms with Crippen molar-refractivity contribution in [2.45, 2.75) is 16.3 Å². The van der Waals surface area contributed by atoms with Crippen LogP contribution in [0.2, 0.25) is 0 Å². The Bertz CT molecular complexity index is 1840. The summed E-state index contributed by atoms with van der Waals surface area (Å²) in [6.45, 7) is 0. The third-order valence-electron chi connectivity index (χ3n) is 6.89. The van der Waals surface area contributed by atoms with Crippen molar-refractivity contribution in [3.63, 3.8) is 0 Å². The number of thiol groups is 1. The van der Waals surface area contributed by atoms with Gasteiger partial charge in [-0.25, -0.2) is 4.68 Å². The van der Waals surface area contributed by atoms with E-state index >= 15 is 0 Å². The maximum absolute atomic E-state index is 10.2. The number of ether oxygens (including phenoxy) is 2. The van der Waals surface area contributed by atoms with Crippen molar-refractivity contribution >= 4 is 24.4 Å². The number of aromatic nitrogens is 6. The topological polar surface area (TPSA) is 111 Å². The molecule has 1 aliphatic rings. The molecular formula is C32H28N6O3S2. The number of aliphatic hydroxyl groups excluding tert-OH is 1. The fraction of sp³-hybridized carbons (Fsp3) is 0.125. The smallest absolute Gasteiger partial charge is 0.157 e. The zero-order valence-corrected chi connectivity index (χ0v) is 25.1. The zero-order chi connectivity index (χ0) is 29.8. The van der Waals surface area contributed by atoms with Crippen molar-refractivity contribution in [3.8, 4) is 56.3 Å². The summed E-state index contributed by atoms with van der Waals surface area (Å²) in [5.74, 6) is 2.20. The number of fused-ring (bicyclic) bond motifs is 1. The Morgan fingerprint density at radius 3 is 1.93 bits per heavy atom. The van der Waals surface area contributed by atoms with Crippen LogP contribution in [0, 0.1) is 0 Å². The molecule has 9 nitrogen and oxygen atoms in total. The molecule has 0 spiro atoms. The van der Waals surface area contributed by atoms with Gasteiger partial charge in [-0.1, -0.05) is 24.3 Å². The lowest BCUT2D eigenvalue weighted by molar-refractivity contribution is 0.113. The summed E-state index contributed by atoms with van der Waals surface area (Å²) in [6.07, 6.45) is 6.46. The molecule has 4 aromatic heterocycles. The molecule has 2 aromatic carbocycles. The highest BCUT2D eigenvalue weighted by molar-refractivity contribution is 7.99. The minimum atomic E-state index is -0.588. The number of methoxy groups -OCH3 is 2. The van der Waals surface area contributed by atoms with Gasteiger partial charge in [0.2, 0.25) is 0 Å². The number of hydrogen-bond acceptors (Lipinski definition) is 9. The quantitative estimate of drug-likeness (QED) is 0.180. The predicted octanol–water partition coefficient (Wildman–Crippen LogP) is 6.65. The van der Waals surface area contributed by atoms with E-state index in [9.17, 15) is 5.11 Å². The van der Waals surface area contributed by atoms with Crippen LogP contribution in [0.5, 0.6) is 11.5 Å². The van der Waals surface area contributed by atoms with Crippen LogP contribution < -0.4 is 9.47 Å². The fourth-order valence-corrected chi connectivity index (χ4v) is 6.23. The van der Waals surface area contributed by atoms with Crippen LogP contribution in [0.1, 0.15) is 6.23 Å². The minimum absolute atomic E-state index is 0.588. The average molecular weight is 609 g/mol. The number of aliphatic hydroxyl groups is 1. The van der Waals surface area contributed by atoms with Crippen LogP contribution in [0.25, 0.3) is 44.8 Å². The molecule has 0 fully saturated rings. The molecule has 2 N–H and O–H groups in total. The molecule has 1 unspecified atom stereocenters. The summed E-state index contributed by atoms with van der Waals surface area (Å²) in [4.78, 5) is 8.13. The molecule has 1 atom stereocenters. The van der Waals surface area contributed by atoms with E-state index in [4.69, 9.17) is 9.47 Å². The maximum atomic E-state index is 10.2. The lowest BCUT2D eigenvalue weighted by Gasteiger charge is -2.06. The minimum Gasteiger partial charge on any atom is -0.497 e. The Labute approximate surface area is 258 Å². The van der Waals surface area contributed by atoms with E-state index in [1.54, 1.807) is 55.5 Å². The molecule has 0 saturated carbocycles. The summed E-state index contributed by atoms with van der Waals surface area (Å²) < 4.78 is 12.3. The number of thioether (sulfide) groups is 1. The molecule has 0 saturated heterocycles. The number of aromatic amines is 1. The Morgan fingerprint density at radius 1 is 0.791 bits per heavy atom. The van der Waals surface area contributed by atoms with Crippen molar-refractivity contribution < 1.29 is 14.6 Å². The number of rotatable bonds is 6. The largest absolute Gasteiger partial charge is 0.497 e. The van der Waals surface area contributed by atoms with Crippen LogP contribution in [0.3, 0.4) is 0 Å². The summed E-state index contributed by atoms with van der Waals surface area (Å²) >= 11 is 6.08. The van der Waals surface area contributed by atoms with E-state index in [1.165, 1.54) is 0 Å². The van der Waals surface area contributed by atoms with Gasteiger partial charge in [0, 0.05) is 52.8 Å². The average Bonchev–Trinajstić information content (AvgIpc) is 3.76. The van der Waals surface area contributed by atoms with Crippen LogP contribution in [0.4, 0.5) is 0 Å². The number of hydrogen-bond donors (Lipinski definition) is 3. The summed E-state index contributed by atoms with van der Waals surface area (Å²) in [7, 11) is 3.30. The number of benzene rings is 2. The normalized spacial score (nSPS) is 13.6. The molecule has 5 heterocycles. The van der Waals surface area contributed by atoms with Gasteiger partial charge in [-0.3, -0.25) is 15.1 Å². The third kappa shape index (κ3) is 5.87. The number of H-pyrrole nitrogens is 1. The highest BCUT2D eigenvalue weighted by Gasteiger charge is 2.29. The molecule has 0 aliphatic carbocycles. The Hall–Kier alpha value is -4.58. The SMILES string of the molecule is COc1cccc(-c2n[nH]c(S)c2-c2ccncc2)c1.COc1cccc(-c2nn3c(c2-c2ccncc2)SCC3O)c1. The molecular weight excluding hydrogens is 581 g/mol. The maximum Gasteiger partial charge on any atom is 0.157 e. The van der Waals surface area contributed by atoms with Crippen molar-refractivity contribution in [1.29, 1.82) is 0 Å². The highest BCUT2D eigenvalue weighted by Crippen LogP contribution is 2.45. The second-order valence-electron chi connectivity index (χ2n) is 9.50. The van der Waals surface area contributed by atoms with Crippen LogP contribution in [0.15, 0.2) is 108 Å². The molecule has 11 heteroatoms. The Balaban J connectivity index is 0.000000155. The molecule has 6 aromatic rings. The molecule has 0 radical (unpaired) electrons. The Morgan fingerprint density at radius 2 is 1.35 bits per heavy atom. The first-order valence-electron chi connectivity index (χ1n) is 13.4. The highest BCUT2D eigenvalue weighted by atomic mass is 32.2. The second-order valence-corrected chi connectivity index (χ2v) is 11.0. The van der Waals surface area contributed by atoms with E-state index < -0.39 is 6.23 Å². The van der Waals surface area contributed by atoms with Crippen molar-refractivity contribution in [2.75, 3.05) is 20.0 Å². The van der Waals surface area contributed by atoms with Crippen LogP contribution >= 0.6 is 24.4 Å². The lowest BCUT2D eigenvalue weighted by Crippen LogP contribution is -2.06. The van der Waals surface area contributed by atoms with E-state index in [0.717, 1.165) is 66.3 Å². The van der Waals surface area contributed by atoms with Crippen LogP contribution in [-0.2, 0) is 0 Å². The molecule has 216 valence electrons. The van der Waals surface area contributed by atoms with Gasteiger partial charge in [-0.05, 0) is 59.7 Å². The first-order chi connectivity index (χ1) is 21.1. The Kier molecular flexibility index (Phi) is 8.45. The summed E-state index contributed by atoms with van der Waals surface area (Å²) in [5.41, 5.74) is 7.69. The molecule has 43 heavy (non-hydrogen) atoms. The molecule has 7 rings (SSSR count). The monoisotopic (exact) mass is 608 g/mol. The molecule has 0 bridgehead atoms. The second kappa shape index (κ2) is 12.7. The van der Waals surface area contributed by atoms with E-state index in [0.29, 0.717) is 5.75 Å². The molecule has 1 aliphatic heterocycles. The zero-order valence-electron chi connectivity index (χ0n) is 23.4. The van der Waals surface area contributed by atoms with Gasteiger partial charge in [-0.15, -0.1) is 24.4 Å². The van der Waals surface area contributed by atoms with Gasteiger partial charge < -0.3 is 14.6 Å². The van der Waals surface area contributed by atoms with Crippen LogP contribution in [-0.4, -0.2) is 55.0 Å². The van der Waals surface area contributed by atoms with Gasteiger partial charge >= 0.3 is 0 Å². The van der Waals surface area contributed by atoms with Crippen molar-refractivity contribution in [2.24, 2.45) is 0 Å². The summed E-state index contributed by atoms with van der Waals surface area (Å²) in [5, 5.41) is 23.8. The number of nitrogens with zero attached hydrogens (tertiary/aromatic N) is 5. The van der Waals surface area contributed by atoms with Gasteiger partial charge in [-0.2, -0.15) is 10.2 Å². The van der Waals surface area contributed by atoms with E-state index in [2.05, 4.69) is 37.9 Å². The predicted molar refractivity (Wildman–Crippen MR) is 170 cm³/mol. The first-order valence-corrected chi connectivity index (χ1v) is 14.8. The van der Waals surface area contributed by atoms with Crippen molar-refractivity contribution in [1.82, 2.24) is 29.9 Å². The standard InChI is InChI=1S/C17H15N3O2S.C15H13N3OS/c1-22-13-4-2-3-12(9-13)16-15(11-5-7-18-8-6-11)17-20(19-16)14(21)10-23-17;1-19-12-4-2-3-11(9-12)14-13(15(20)18-17-14)10-5-7-16-8-6-10/h2-9,14,21H,10H2,1H3;2-9H,1H3,(H2,17,18,20). The van der Waals surface area contributed by atoms with Gasteiger partial charge in [0.25, 0.3) is 0 Å².